The van der Waals surface area contributed by atoms with E-state index in [0.717, 1.165) is 17.0 Å². The Morgan fingerprint density at radius 2 is 2.00 bits per heavy atom. The van der Waals surface area contributed by atoms with E-state index < -0.39 is 0 Å². The van der Waals surface area contributed by atoms with E-state index in [4.69, 9.17) is 0 Å². The van der Waals surface area contributed by atoms with Crippen molar-refractivity contribution in [1.82, 2.24) is 10.3 Å². The van der Waals surface area contributed by atoms with Crippen LogP contribution < -0.4 is 10.2 Å². The van der Waals surface area contributed by atoms with E-state index in [1.807, 2.05) is 41.8 Å². The minimum absolute atomic E-state index is 0.0187. The van der Waals surface area contributed by atoms with Gasteiger partial charge in [-0.2, -0.15) is 0 Å². The SMILES string of the molecule is O=C(CN1C(=O)c2cccnc2Sc2ccccc21)NCCc1cccs1. The molecule has 7 heteroatoms. The molecular formula is C20H17N3O2S2. The van der Waals surface area contributed by atoms with E-state index in [1.54, 1.807) is 29.7 Å². The first kappa shape index (κ1) is 17.8. The number of anilines is 1. The number of rotatable bonds is 5. The van der Waals surface area contributed by atoms with Crippen molar-refractivity contribution in [1.29, 1.82) is 0 Å². The third-order valence-corrected chi connectivity index (χ3v) is 6.20. The van der Waals surface area contributed by atoms with Crippen molar-refractivity contribution < 1.29 is 9.59 Å². The molecule has 0 spiro atoms. The van der Waals surface area contributed by atoms with Gasteiger partial charge in [0.15, 0.2) is 0 Å². The zero-order valence-electron chi connectivity index (χ0n) is 14.4. The first-order valence-corrected chi connectivity index (χ1v) is 10.2. The van der Waals surface area contributed by atoms with E-state index in [1.165, 1.54) is 21.5 Å². The Kier molecular flexibility index (Phi) is 5.22. The number of para-hydroxylation sites is 1. The molecule has 0 radical (unpaired) electrons. The van der Waals surface area contributed by atoms with Gasteiger partial charge in [0.25, 0.3) is 5.91 Å². The van der Waals surface area contributed by atoms with Gasteiger partial charge in [0.05, 0.1) is 11.3 Å². The number of benzene rings is 1. The van der Waals surface area contributed by atoms with Crippen molar-refractivity contribution in [2.45, 2.75) is 16.3 Å². The van der Waals surface area contributed by atoms with Crippen molar-refractivity contribution >= 4 is 40.6 Å². The minimum atomic E-state index is -0.205. The Balaban J connectivity index is 1.53. The van der Waals surface area contributed by atoms with Crippen LogP contribution in [0, 0.1) is 0 Å². The highest BCUT2D eigenvalue weighted by molar-refractivity contribution is 7.99. The van der Waals surface area contributed by atoms with Gasteiger partial charge >= 0.3 is 0 Å². The summed E-state index contributed by atoms with van der Waals surface area (Å²) in [6.07, 6.45) is 2.46. The lowest BCUT2D eigenvalue weighted by atomic mass is 10.2. The average Bonchev–Trinajstić information content (AvgIpc) is 3.16. The molecule has 0 saturated heterocycles. The van der Waals surface area contributed by atoms with Crippen LogP contribution in [0.4, 0.5) is 5.69 Å². The normalized spacial score (nSPS) is 12.9. The zero-order chi connectivity index (χ0) is 18.6. The fourth-order valence-corrected chi connectivity index (χ4v) is 4.62. The minimum Gasteiger partial charge on any atom is -0.354 e. The van der Waals surface area contributed by atoms with Crippen molar-refractivity contribution in [2.24, 2.45) is 0 Å². The van der Waals surface area contributed by atoms with Crippen LogP contribution in [0.25, 0.3) is 0 Å². The van der Waals surface area contributed by atoms with Gasteiger partial charge in [-0.25, -0.2) is 4.98 Å². The van der Waals surface area contributed by atoms with Crippen molar-refractivity contribution in [3.63, 3.8) is 0 Å². The fraction of sp³-hybridized carbons (Fsp3) is 0.150. The Hall–Kier alpha value is -2.64. The van der Waals surface area contributed by atoms with E-state index in [-0.39, 0.29) is 18.4 Å². The summed E-state index contributed by atoms with van der Waals surface area (Å²) < 4.78 is 0. The van der Waals surface area contributed by atoms with Gasteiger partial charge in [0.1, 0.15) is 11.6 Å². The van der Waals surface area contributed by atoms with Crippen LogP contribution in [-0.2, 0) is 11.2 Å². The highest BCUT2D eigenvalue weighted by atomic mass is 32.2. The number of carbonyl (C=O) groups is 2. The maximum atomic E-state index is 13.1. The molecule has 27 heavy (non-hydrogen) atoms. The molecule has 0 fully saturated rings. The molecular weight excluding hydrogens is 378 g/mol. The predicted octanol–water partition coefficient (Wildman–Crippen LogP) is 3.61. The number of pyridine rings is 1. The highest BCUT2D eigenvalue weighted by Gasteiger charge is 2.29. The van der Waals surface area contributed by atoms with E-state index >= 15 is 0 Å². The third kappa shape index (κ3) is 3.89. The van der Waals surface area contributed by atoms with Crippen LogP contribution in [0.5, 0.6) is 0 Å². The average molecular weight is 396 g/mol. The molecule has 5 nitrogen and oxygen atoms in total. The second-order valence-electron chi connectivity index (χ2n) is 6.00. The molecule has 0 bridgehead atoms. The van der Waals surface area contributed by atoms with Gasteiger partial charge in [0.2, 0.25) is 5.91 Å². The number of hydrogen-bond donors (Lipinski definition) is 1. The molecule has 2 amide bonds. The number of hydrogen-bond acceptors (Lipinski definition) is 5. The standard InChI is InChI=1S/C20H17N3O2S2/c24-18(21-11-9-14-5-4-12-26-14)13-23-16-7-1-2-8-17(16)27-19-15(20(23)25)6-3-10-22-19/h1-8,10,12H,9,11,13H2,(H,21,24). The van der Waals surface area contributed by atoms with Gasteiger partial charge in [-0.15, -0.1) is 11.3 Å². The number of amides is 2. The second kappa shape index (κ2) is 7.94. The van der Waals surface area contributed by atoms with Crippen LogP contribution in [-0.4, -0.2) is 29.9 Å². The van der Waals surface area contributed by atoms with Crippen molar-refractivity contribution in [3.05, 3.63) is 70.5 Å². The number of carbonyl (C=O) groups excluding carboxylic acids is 2. The molecule has 1 aliphatic heterocycles. The summed E-state index contributed by atoms with van der Waals surface area (Å²) >= 11 is 3.12. The predicted molar refractivity (Wildman–Crippen MR) is 108 cm³/mol. The summed E-state index contributed by atoms with van der Waals surface area (Å²) in [6.45, 7) is 0.533. The topological polar surface area (TPSA) is 62.3 Å². The largest absolute Gasteiger partial charge is 0.354 e. The molecule has 1 aliphatic rings. The first-order chi connectivity index (χ1) is 13.2. The molecule has 136 valence electrons. The molecule has 1 N–H and O–H groups in total. The molecule has 0 atom stereocenters. The van der Waals surface area contributed by atoms with Crippen LogP contribution in [0.2, 0.25) is 0 Å². The molecule has 0 aliphatic carbocycles. The molecule has 2 aromatic heterocycles. The van der Waals surface area contributed by atoms with Crippen LogP contribution in [0.15, 0.2) is 70.0 Å². The molecule has 0 saturated carbocycles. The lowest BCUT2D eigenvalue weighted by Gasteiger charge is -2.22. The Morgan fingerprint density at radius 1 is 1.11 bits per heavy atom. The number of nitrogens with zero attached hydrogens (tertiary/aromatic N) is 2. The van der Waals surface area contributed by atoms with Gasteiger partial charge in [-0.05, 0) is 42.1 Å². The lowest BCUT2D eigenvalue weighted by molar-refractivity contribution is -0.119. The Labute approximate surface area is 165 Å². The highest BCUT2D eigenvalue weighted by Crippen LogP contribution is 2.39. The summed E-state index contributed by atoms with van der Waals surface area (Å²) in [4.78, 5) is 33.6. The van der Waals surface area contributed by atoms with Gasteiger partial charge in [0, 0.05) is 22.5 Å². The summed E-state index contributed by atoms with van der Waals surface area (Å²) in [7, 11) is 0. The summed E-state index contributed by atoms with van der Waals surface area (Å²) in [5.41, 5.74) is 1.25. The maximum Gasteiger partial charge on any atom is 0.261 e. The second-order valence-corrected chi connectivity index (χ2v) is 8.06. The molecule has 1 aromatic carbocycles. The molecule has 3 aromatic rings. The smallest absolute Gasteiger partial charge is 0.261 e. The third-order valence-electron chi connectivity index (χ3n) is 4.18. The Bertz CT molecular complexity index is 973. The number of nitrogens with one attached hydrogen (secondary N) is 1. The quantitative estimate of drug-likeness (QED) is 0.717. The number of fused-ring (bicyclic) bond motifs is 2. The summed E-state index contributed by atoms with van der Waals surface area (Å²) in [5.74, 6) is -0.379. The maximum absolute atomic E-state index is 13.1. The number of aromatic nitrogens is 1. The lowest BCUT2D eigenvalue weighted by Crippen LogP contribution is -2.41. The van der Waals surface area contributed by atoms with Crippen molar-refractivity contribution in [3.8, 4) is 0 Å². The molecule has 3 heterocycles. The summed E-state index contributed by atoms with van der Waals surface area (Å²) in [5, 5.41) is 5.60. The zero-order valence-corrected chi connectivity index (χ0v) is 16.1. The fourth-order valence-electron chi connectivity index (χ4n) is 2.90. The van der Waals surface area contributed by atoms with Gasteiger partial charge < -0.3 is 5.32 Å². The van der Waals surface area contributed by atoms with Crippen molar-refractivity contribution in [2.75, 3.05) is 18.0 Å². The van der Waals surface area contributed by atoms with Crippen LogP contribution >= 0.6 is 23.1 Å². The Morgan fingerprint density at radius 3 is 2.85 bits per heavy atom. The van der Waals surface area contributed by atoms with Gasteiger partial charge in [-0.1, -0.05) is 30.0 Å². The van der Waals surface area contributed by atoms with Crippen LogP contribution in [0.1, 0.15) is 15.2 Å². The molecule has 0 unspecified atom stereocenters. The van der Waals surface area contributed by atoms with E-state index in [2.05, 4.69) is 10.3 Å². The van der Waals surface area contributed by atoms with E-state index in [0.29, 0.717) is 17.1 Å². The molecule has 4 rings (SSSR count). The number of thiophene rings is 1. The summed E-state index contributed by atoms with van der Waals surface area (Å²) in [6, 6.07) is 15.1. The van der Waals surface area contributed by atoms with Crippen LogP contribution in [0.3, 0.4) is 0 Å². The van der Waals surface area contributed by atoms with Gasteiger partial charge in [-0.3, -0.25) is 14.5 Å². The first-order valence-electron chi connectivity index (χ1n) is 8.55. The van der Waals surface area contributed by atoms with E-state index in [9.17, 15) is 9.59 Å². The monoisotopic (exact) mass is 395 g/mol.